The van der Waals surface area contributed by atoms with Crippen LogP contribution in [-0.4, -0.2) is 60.0 Å². The van der Waals surface area contributed by atoms with Gasteiger partial charge in [0.15, 0.2) is 0 Å². The third-order valence-electron chi connectivity index (χ3n) is 19.6. The van der Waals surface area contributed by atoms with Gasteiger partial charge in [0.25, 0.3) is 0 Å². The minimum atomic E-state index is -1.85. The molecule has 6 fully saturated rings. The molecule has 0 aromatic heterocycles. The number of hydrogen-bond donors (Lipinski definition) is 0. The van der Waals surface area contributed by atoms with Gasteiger partial charge in [-0.25, -0.2) is 0 Å². The van der Waals surface area contributed by atoms with Gasteiger partial charge in [0.2, 0.25) is 0 Å². The van der Waals surface area contributed by atoms with E-state index in [9.17, 15) is 0 Å². The molecule has 6 aliphatic carbocycles. The van der Waals surface area contributed by atoms with E-state index < -0.39 is 27.0 Å². The summed E-state index contributed by atoms with van der Waals surface area (Å²) in [4.78, 5) is 4.75. The van der Waals surface area contributed by atoms with Gasteiger partial charge >= 0.3 is 303 Å². The Kier molecular flexibility index (Phi) is 32.8. The summed E-state index contributed by atoms with van der Waals surface area (Å²) >= 11 is -3.63. The van der Waals surface area contributed by atoms with Gasteiger partial charge in [-0.15, -0.1) is 0 Å². The fraction of sp³-hybridized carbons (Fsp3) is 0.568. The number of rotatable bonds is 18. The van der Waals surface area contributed by atoms with E-state index in [2.05, 4.69) is 138 Å². The maximum atomic E-state index is 6.12. The maximum absolute atomic E-state index is 6.12. The number of halogens is 4. The molecule has 6 aliphatic rings. The van der Waals surface area contributed by atoms with E-state index >= 15 is 0 Å². The number of nitrogens with zero attached hydrogens (tertiary/aromatic N) is 2. The van der Waals surface area contributed by atoms with Crippen LogP contribution < -0.4 is 0 Å². The second kappa shape index (κ2) is 40.0. The van der Waals surface area contributed by atoms with Crippen molar-refractivity contribution in [2.45, 2.75) is 259 Å². The molecule has 0 bridgehead atoms. The van der Waals surface area contributed by atoms with Crippen LogP contribution in [0.2, 0.25) is 0 Å². The molecule has 0 radical (unpaired) electrons. The first kappa shape index (κ1) is 68.9. The summed E-state index contributed by atoms with van der Waals surface area (Å²) in [5.74, 6) is 0. The van der Waals surface area contributed by atoms with Gasteiger partial charge in [0.05, 0.1) is 34.0 Å². The van der Waals surface area contributed by atoms with Crippen molar-refractivity contribution < 1.29 is 27.0 Å². The van der Waals surface area contributed by atoms with Gasteiger partial charge in [-0.1, -0.05) is 38.5 Å². The van der Waals surface area contributed by atoms with Gasteiger partial charge in [-0.2, -0.15) is 0 Å². The molecule has 0 spiro atoms. The van der Waals surface area contributed by atoms with E-state index in [-0.39, 0.29) is 15.8 Å². The molecule has 0 heterocycles. The fourth-order valence-electron chi connectivity index (χ4n) is 15.7. The molecular formula is C74H106Cl4N2P2Ru2+2. The van der Waals surface area contributed by atoms with Crippen molar-refractivity contribution in [3.8, 4) is 0 Å². The third kappa shape index (κ3) is 24.7. The summed E-state index contributed by atoms with van der Waals surface area (Å²) in [6.07, 6.45) is 47.6. The summed E-state index contributed by atoms with van der Waals surface area (Å²) in [5.41, 5.74) is 16.2. The van der Waals surface area contributed by atoms with Crippen molar-refractivity contribution in [1.29, 1.82) is 0 Å². The summed E-state index contributed by atoms with van der Waals surface area (Å²) in [6, 6.07) is 48.4. The Bertz CT molecular complexity index is 2420. The van der Waals surface area contributed by atoms with Crippen LogP contribution in [0.3, 0.4) is 0 Å². The molecule has 0 amide bonds. The van der Waals surface area contributed by atoms with Crippen molar-refractivity contribution in [3.05, 3.63) is 178 Å². The van der Waals surface area contributed by atoms with E-state index in [0.29, 0.717) is 0 Å². The molecule has 0 aliphatic heterocycles. The van der Waals surface area contributed by atoms with Crippen LogP contribution in [-0.2, 0) is 59.8 Å². The van der Waals surface area contributed by atoms with Crippen molar-refractivity contribution in [2.75, 3.05) is 7.05 Å². The monoisotopic (exact) mass is 1430 g/mol. The Labute approximate surface area is 540 Å². The topological polar surface area (TPSA) is 6.48 Å². The van der Waals surface area contributed by atoms with Crippen LogP contribution in [0.5, 0.6) is 0 Å². The Balaban J connectivity index is 0.000000147. The van der Waals surface area contributed by atoms with Gasteiger partial charge in [0.1, 0.15) is 0 Å². The van der Waals surface area contributed by atoms with Crippen LogP contribution in [0.1, 0.15) is 232 Å². The first-order chi connectivity index (χ1) is 41.3. The van der Waals surface area contributed by atoms with E-state index in [0.717, 1.165) is 43.9 Å². The molecular weight excluding hydrogens is 1320 g/mol. The molecule has 2 nitrogen and oxygen atoms in total. The molecule has 0 N–H and O–H groups in total. The van der Waals surface area contributed by atoms with Crippen LogP contribution >= 0.6 is 54.6 Å². The van der Waals surface area contributed by atoms with Gasteiger partial charge < -0.3 is 0 Å². The molecule has 0 saturated heterocycles. The van der Waals surface area contributed by atoms with E-state index in [4.69, 9.17) is 38.8 Å². The Hall–Kier alpha value is -0.973. The van der Waals surface area contributed by atoms with Crippen molar-refractivity contribution in [3.63, 3.8) is 0 Å². The van der Waals surface area contributed by atoms with Gasteiger partial charge in [-0.05, 0) is 154 Å². The van der Waals surface area contributed by atoms with Crippen molar-refractivity contribution >= 4 is 63.8 Å². The summed E-state index contributed by atoms with van der Waals surface area (Å²) < 4.78 is 4.05. The van der Waals surface area contributed by atoms with E-state index in [1.165, 1.54) is 61.8 Å². The second-order valence-corrected chi connectivity index (χ2v) is 44.1. The average Bonchev–Trinajstić information content (AvgIpc) is 3.72. The molecule has 0 atom stereocenters. The standard InChI is InChI=1S/C22H21N.2C18H33P.C16H17N.4ClH.2Ru/c1-19-10-8-9-15-22(19)18-23(16-20-11-4-2-5-12-20)17-21-13-6-3-7-14-21;2*1-4-10-16(11-5-1)19(17-12-6-2-7-13-17)18-14-8-3-9-15-18;1-14-8-6-7-11-16(14)13-17(2)12-15-9-4-3-5-10-15;;;;;;/h1-15H,16-18H2;2*16-18H,1-15H2;1,3-11H,12-13H2,2H3;4*1H;;/q;;;;;;;;2*+2/p-2. The average molecular weight is 1430 g/mol. The number of hydrogen-bond acceptors (Lipinski definition) is 2. The molecule has 0 unspecified atom stereocenters. The quantitative estimate of drug-likeness (QED) is 0.0637. The second-order valence-electron chi connectivity index (χ2n) is 25.8. The first-order valence-electron chi connectivity index (χ1n) is 33.3. The van der Waals surface area contributed by atoms with Gasteiger partial charge in [-0.3, -0.25) is 0 Å². The molecule has 11 rings (SSSR count). The minimum absolute atomic E-state index is 0.0465. The molecule has 84 heavy (non-hydrogen) atoms. The molecule has 10 heteroatoms. The molecule has 464 valence electrons. The van der Waals surface area contributed by atoms with E-state index in [1.54, 1.807) is 193 Å². The predicted molar refractivity (Wildman–Crippen MR) is 372 cm³/mol. The summed E-state index contributed by atoms with van der Waals surface area (Å²) in [7, 11) is 26.3. The van der Waals surface area contributed by atoms with Crippen LogP contribution in [0.15, 0.2) is 140 Å². The van der Waals surface area contributed by atoms with Crippen LogP contribution in [0, 0.1) is 0 Å². The first-order valence-corrected chi connectivity index (χ1v) is 47.8. The Morgan fingerprint density at radius 1 is 0.321 bits per heavy atom. The molecule has 6 saturated carbocycles. The molecule has 5 aromatic carbocycles. The van der Waals surface area contributed by atoms with Crippen molar-refractivity contribution in [1.82, 2.24) is 9.80 Å². The Morgan fingerprint density at radius 2 is 0.571 bits per heavy atom. The summed E-state index contributed by atoms with van der Waals surface area (Å²) in [6.45, 7) is 4.46. The molecule has 5 aromatic rings. The van der Waals surface area contributed by atoms with Gasteiger partial charge in [0, 0.05) is 15.8 Å². The number of benzene rings is 5. The SMILES string of the molecule is C1CCC([PH+](C2CCCCC2)C2CCCCC2)CC1.C1CCC([PH+](C2CCCCC2)C2CCCCC2)CC1.CN(Cc1ccccc1)Cc1ccccc1[CH]=[Ru]([Cl])[Cl].[Cl][Ru]([Cl])=[CH]c1ccccc1CN(Cc1ccccc1)Cc1ccccc1. The normalized spacial score (nSPS) is 19.3. The van der Waals surface area contributed by atoms with Crippen LogP contribution in [0.4, 0.5) is 0 Å². The Morgan fingerprint density at radius 3 is 0.857 bits per heavy atom. The van der Waals surface area contributed by atoms with Crippen LogP contribution in [0.25, 0.3) is 0 Å². The van der Waals surface area contributed by atoms with E-state index in [1.807, 2.05) is 27.4 Å². The van der Waals surface area contributed by atoms with Crippen molar-refractivity contribution in [2.24, 2.45) is 0 Å². The zero-order valence-corrected chi connectivity index (χ0v) is 59.8. The fourth-order valence-corrected chi connectivity index (χ4v) is 29.9. The zero-order chi connectivity index (χ0) is 58.4. The zero-order valence-electron chi connectivity index (χ0n) is 51.3. The third-order valence-corrected chi connectivity index (χ3v) is 32.4. The predicted octanol–water partition coefficient (Wildman–Crippen LogP) is 22.8. The summed E-state index contributed by atoms with van der Waals surface area (Å²) in [5, 5.41) is 0.